The van der Waals surface area contributed by atoms with Crippen molar-refractivity contribution in [2.45, 2.75) is 0 Å². The van der Waals surface area contributed by atoms with Crippen LogP contribution < -0.4 is 0 Å². The molecule has 0 saturated carbocycles. The fourth-order valence-corrected chi connectivity index (χ4v) is 1.75. The van der Waals surface area contributed by atoms with Gasteiger partial charge < -0.3 is 4.42 Å². The van der Waals surface area contributed by atoms with Gasteiger partial charge >= 0.3 is 5.88 Å². The Kier molecular flexibility index (Phi) is 3.64. The Labute approximate surface area is 113 Å². The second-order valence-electron chi connectivity index (χ2n) is 3.58. The van der Waals surface area contributed by atoms with Crippen LogP contribution in [0.3, 0.4) is 0 Å². The molecule has 0 atom stereocenters. The van der Waals surface area contributed by atoms with E-state index in [1.807, 2.05) is 6.07 Å². The number of halogens is 1. The molecule has 94 valence electrons. The molecule has 2 rings (SSSR count). The first-order valence-corrected chi connectivity index (χ1v) is 5.60. The Morgan fingerprint density at radius 2 is 2.11 bits per heavy atom. The largest absolute Gasteiger partial charge is 0.433 e. The number of allylic oxidation sites excluding steroid dienone is 1. The Morgan fingerprint density at radius 1 is 1.37 bits per heavy atom. The van der Waals surface area contributed by atoms with Crippen molar-refractivity contribution in [1.29, 1.82) is 5.26 Å². The fourth-order valence-electron chi connectivity index (χ4n) is 1.51. The zero-order chi connectivity index (χ0) is 13.8. The normalized spacial score (nSPS) is 11.1. The molecule has 0 saturated heterocycles. The van der Waals surface area contributed by atoms with Crippen molar-refractivity contribution in [2.24, 2.45) is 0 Å². The van der Waals surface area contributed by atoms with Crippen LogP contribution in [0.25, 0.3) is 11.6 Å². The average molecular weight is 275 g/mol. The molecular weight excluding hydrogens is 268 g/mol. The van der Waals surface area contributed by atoms with Crippen molar-refractivity contribution < 1.29 is 9.34 Å². The molecule has 0 unspecified atom stereocenters. The molecule has 6 heteroatoms. The van der Waals surface area contributed by atoms with E-state index in [0.29, 0.717) is 10.6 Å². The Hall–Kier alpha value is -2.58. The van der Waals surface area contributed by atoms with Gasteiger partial charge in [-0.1, -0.05) is 29.8 Å². The van der Waals surface area contributed by atoms with Gasteiger partial charge in [-0.05, 0) is 18.2 Å². The summed E-state index contributed by atoms with van der Waals surface area (Å²) in [5.41, 5.74) is 0.820. The van der Waals surface area contributed by atoms with Crippen LogP contribution in [0.4, 0.5) is 5.88 Å². The molecule has 0 bridgehead atoms. The van der Waals surface area contributed by atoms with E-state index < -0.39 is 4.92 Å². The van der Waals surface area contributed by atoms with E-state index in [1.54, 1.807) is 24.3 Å². The SMILES string of the molecule is N#CC(=Cc1ccc([N+](=O)[O-])o1)c1ccccc1Cl. The zero-order valence-electron chi connectivity index (χ0n) is 9.54. The first kappa shape index (κ1) is 12.9. The lowest BCUT2D eigenvalue weighted by atomic mass is 10.1. The number of nitro groups is 1. The summed E-state index contributed by atoms with van der Waals surface area (Å²) < 4.78 is 4.97. The van der Waals surface area contributed by atoms with Gasteiger partial charge in [-0.25, -0.2) is 0 Å². The van der Waals surface area contributed by atoms with Gasteiger partial charge in [-0.3, -0.25) is 10.1 Å². The molecule has 1 aromatic carbocycles. The summed E-state index contributed by atoms with van der Waals surface area (Å²) in [6.45, 7) is 0. The van der Waals surface area contributed by atoms with E-state index in [1.165, 1.54) is 18.2 Å². The van der Waals surface area contributed by atoms with Crippen LogP contribution in [0, 0.1) is 21.4 Å². The maximum absolute atomic E-state index is 10.5. The highest BCUT2D eigenvalue weighted by Gasteiger charge is 2.12. The van der Waals surface area contributed by atoms with Gasteiger partial charge in [-0.15, -0.1) is 0 Å². The van der Waals surface area contributed by atoms with Gasteiger partial charge in [-0.2, -0.15) is 5.26 Å². The van der Waals surface area contributed by atoms with Crippen molar-refractivity contribution in [2.75, 3.05) is 0 Å². The molecule has 5 nitrogen and oxygen atoms in total. The first-order chi connectivity index (χ1) is 9.11. The Balaban J connectivity index is 2.42. The Bertz CT molecular complexity index is 698. The number of hydrogen-bond donors (Lipinski definition) is 0. The molecule has 0 aliphatic rings. The van der Waals surface area contributed by atoms with E-state index in [9.17, 15) is 10.1 Å². The average Bonchev–Trinajstić information content (AvgIpc) is 2.86. The van der Waals surface area contributed by atoms with Gasteiger partial charge in [0.1, 0.15) is 10.7 Å². The quantitative estimate of drug-likeness (QED) is 0.483. The Morgan fingerprint density at radius 3 is 2.68 bits per heavy atom. The van der Waals surface area contributed by atoms with E-state index in [0.717, 1.165) is 0 Å². The van der Waals surface area contributed by atoms with E-state index in [2.05, 4.69) is 0 Å². The minimum atomic E-state index is -0.640. The molecule has 0 N–H and O–H groups in total. The van der Waals surface area contributed by atoms with Crippen LogP contribution in [0.15, 0.2) is 40.8 Å². The summed E-state index contributed by atoms with van der Waals surface area (Å²) in [5.74, 6) is -0.147. The third kappa shape index (κ3) is 2.81. The summed E-state index contributed by atoms with van der Waals surface area (Å²) in [4.78, 5) is 9.86. The van der Waals surface area contributed by atoms with Gasteiger partial charge in [0.2, 0.25) is 0 Å². The summed E-state index contributed by atoms with van der Waals surface area (Å²) in [6.07, 6.45) is 1.41. The third-order valence-corrected chi connectivity index (χ3v) is 2.69. The van der Waals surface area contributed by atoms with Gasteiger partial charge in [0, 0.05) is 10.6 Å². The second kappa shape index (κ2) is 5.38. The third-order valence-electron chi connectivity index (χ3n) is 2.36. The van der Waals surface area contributed by atoms with Gasteiger partial charge in [0.25, 0.3) is 0 Å². The first-order valence-electron chi connectivity index (χ1n) is 5.22. The molecule has 0 amide bonds. The van der Waals surface area contributed by atoms with Crippen LogP contribution in [-0.2, 0) is 0 Å². The zero-order valence-corrected chi connectivity index (χ0v) is 10.3. The number of hydrogen-bond acceptors (Lipinski definition) is 4. The standard InChI is InChI=1S/C13H7ClN2O3/c14-12-4-2-1-3-11(12)9(8-15)7-10-5-6-13(19-10)16(17)18/h1-7H. The number of rotatable bonds is 3. The topological polar surface area (TPSA) is 80.1 Å². The van der Waals surface area contributed by atoms with Crippen molar-refractivity contribution in [3.05, 3.63) is 62.9 Å². The molecule has 0 aliphatic carbocycles. The van der Waals surface area contributed by atoms with Crippen molar-refractivity contribution in [3.63, 3.8) is 0 Å². The second-order valence-corrected chi connectivity index (χ2v) is 3.99. The summed E-state index contributed by atoms with van der Waals surface area (Å²) in [6, 6.07) is 11.5. The molecule has 1 heterocycles. The smallest absolute Gasteiger partial charge is 0.401 e. The minimum Gasteiger partial charge on any atom is -0.401 e. The van der Waals surface area contributed by atoms with Gasteiger partial charge in [0.05, 0.1) is 17.7 Å². The highest BCUT2D eigenvalue weighted by Crippen LogP contribution is 2.26. The molecule has 2 aromatic rings. The van der Waals surface area contributed by atoms with Crippen LogP contribution in [0.2, 0.25) is 5.02 Å². The van der Waals surface area contributed by atoms with Gasteiger partial charge in [0.15, 0.2) is 0 Å². The monoisotopic (exact) mass is 274 g/mol. The molecular formula is C13H7ClN2O3. The van der Waals surface area contributed by atoms with Crippen molar-refractivity contribution >= 4 is 29.1 Å². The molecule has 19 heavy (non-hydrogen) atoms. The van der Waals surface area contributed by atoms with Crippen molar-refractivity contribution in [3.8, 4) is 6.07 Å². The summed E-state index contributed by atoms with van der Waals surface area (Å²) in [5, 5.41) is 20.1. The van der Waals surface area contributed by atoms with Crippen LogP contribution in [0.1, 0.15) is 11.3 Å². The lowest BCUT2D eigenvalue weighted by molar-refractivity contribution is -0.402. The van der Waals surface area contributed by atoms with Crippen LogP contribution in [-0.4, -0.2) is 4.92 Å². The van der Waals surface area contributed by atoms with E-state index >= 15 is 0 Å². The van der Waals surface area contributed by atoms with E-state index in [-0.39, 0.29) is 17.2 Å². The summed E-state index contributed by atoms with van der Waals surface area (Å²) in [7, 11) is 0. The minimum absolute atomic E-state index is 0.225. The van der Waals surface area contributed by atoms with Crippen LogP contribution in [0.5, 0.6) is 0 Å². The van der Waals surface area contributed by atoms with Crippen molar-refractivity contribution in [1.82, 2.24) is 0 Å². The molecule has 1 aromatic heterocycles. The number of benzene rings is 1. The highest BCUT2D eigenvalue weighted by atomic mass is 35.5. The number of nitrogens with zero attached hydrogens (tertiary/aromatic N) is 2. The predicted octanol–water partition coefficient (Wildman–Crippen LogP) is 3.91. The molecule has 0 spiro atoms. The lowest BCUT2D eigenvalue weighted by Gasteiger charge is -2.00. The molecule has 0 fully saturated rings. The van der Waals surface area contributed by atoms with Crippen LogP contribution >= 0.6 is 11.6 Å². The molecule has 0 radical (unpaired) electrons. The summed E-state index contributed by atoms with van der Waals surface area (Å²) >= 11 is 5.99. The fraction of sp³-hybridized carbons (Fsp3) is 0. The number of furan rings is 1. The van der Waals surface area contributed by atoms with E-state index in [4.69, 9.17) is 21.3 Å². The maximum atomic E-state index is 10.5. The number of nitriles is 1. The maximum Gasteiger partial charge on any atom is 0.433 e. The highest BCUT2D eigenvalue weighted by molar-refractivity contribution is 6.32. The predicted molar refractivity (Wildman–Crippen MR) is 70.3 cm³/mol. The molecule has 0 aliphatic heterocycles. The lowest BCUT2D eigenvalue weighted by Crippen LogP contribution is -1.83.